The fourth-order valence-electron chi connectivity index (χ4n) is 2.25. The van der Waals surface area contributed by atoms with E-state index in [4.69, 9.17) is 0 Å². The van der Waals surface area contributed by atoms with E-state index in [1.54, 1.807) is 0 Å². The first kappa shape index (κ1) is 9.71. The highest BCUT2D eigenvalue weighted by Crippen LogP contribution is 2.26. The molecule has 1 saturated heterocycles. The number of nitrogens with zero attached hydrogens (tertiary/aromatic N) is 3. The van der Waals surface area contributed by atoms with Crippen LogP contribution in [0.3, 0.4) is 0 Å². The zero-order chi connectivity index (χ0) is 9.97. The summed E-state index contributed by atoms with van der Waals surface area (Å²) in [6.07, 6.45) is 6.55. The SMILES string of the molecule is CC(C1CCN(C)CC1)n1cccn1. The number of hydrogen-bond acceptors (Lipinski definition) is 2. The highest BCUT2D eigenvalue weighted by atomic mass is 15.3. The third-order valence-corrected chi connectivity index (χ3v) is 3.39. The molecule has 1 atom stereocenters. The molecule has 0 radical (unpaired) electrons. The Morgan fingerprint density at radius 2 is 2.07 bits per heavy atom. The molecule has 14 heavy (non-hydrogen) atoms. The predicted octanol–water partition coefficient (Wildman–Crippen LogP) is 1.79. The van der Waals surface area contributed by atoms with Crippen molar-refractivity contribution in [1.29, 1.82) is 0 Å². The van der Waals surface area contributed by atoms with Crippen molar-refractivity contribution >= 4 is 0 Å². The molecular weight excluding hydrogens is 174 g/mol. The third kappa shape index (κ3) is 1.98. The van der Waals surface area contributed by atoms with Crippen LogP contribution < -0.4 is 0 Å². The number of piperidine rings is 1. The number of aromatic nitrogens is 2. The van der Waals surface area contributed by atoms with Gasteiger partial charge < -0.3 is 4.90 Å². The van der Waals surface area contributed by atoms with Gasteiger partial charge in [0.2, 0.25) is 0 Å². The van der Waals surface area contributed by atoms with Crippen molar-refractivity contribution in [2.75, 3.05) is 20.1 Å². The molecule has 2 heterocycles. The molecule has 78 valence electrons. The molecule has 1 unspecified atom stereocenters. The van der Waals surface area contributed by atoms with Crippen LogP contribution in [0.4, 0.5) is 0 Å². The molecule has 1 aromatic heterocycles. The van der Waals surface area contributed by atoms with Gasteiger partial charge in [0, 0.05) is 12.4 Å². The monoisotopic (exact) mass is 193 g/mol. The molecule has 0 amide bonds. The van der Waals surface area contributed by atoms with Crippen molar-refractivity contribution in [1.82, 2.24) is 14.7 Å². The van der Waals surface area contributed by atoms with E-state index >= 15 is 0 Å². The van der Waals surface area contributed by atoms with Crippen LogP contribution in [0.15, 0.2) is 18.5 Å². The Labute approximate surface area is 85.7 Å². The van der Waals surface area contributed by atoms with Crippen molar-refractivity contribution < 1.29 is 0 Å². The minimum Gasteiger partial charge on any atom is -0.306 e. The average molecular weight is 193 g/mol. The highest BCUT2D eigenvalue weighted by Gasteiger charge is 2.23. The summed E-state index contributed by atoms with van der Waals surface area (Å²) < 4.78 is 2.09. The number of rotatable bonds is 2. The smallest absolute Gasteiger partial charge is 0.0520 e. The van der Waals surface area contributed by atoms with Crippen LogP contribution in [0, 0.1) is 5.92 Å². The van der Waals surface area contributed by atoms with E-state index in [1.807, 2.05) is 12.3 Å². The van der Waals surface area contributed by atoms with Crippen molar-refractivity contribution in [2.45, 2.75) is 25.8 Å². The summed E-state index contributed by atoms with van der Waals surface area (Å²) in [5, 5.41) is 4.31. The van der Waals surface area contributed by atoms with Crippen LogP contribution in [-0.4, -0.2) is 34.8 Å². The van der Waals surface area contributed by atoms with Crippen molar-refractivity contribution in [3.8, 4) is 0 Å². The van der Waals surface area contributed by atoms with E-state index in [9.17, 15) is 0 Å². The molecule has 0 bridgehead atoms. The summed E-state index contributed by atoms with van der Waals surface area (Å²) in [4.78, 5) is 2.41. The van der Waals surface area contributed by atoms with Crippen molar-refractivity contribution in [3.63, 3.8) is 0 Å². The fourth-order valence-corrected chi connectivity index (χ4v) is 2.25. The first-order chi connectivity index (χ1) is 6.77. The molecule has 0 saturated carbocycles. The maximum absolute atomic E-state index is 4.31. The largest absolute Gasteiger partial charge is 0.306 e. The lowest BCUT2D eigenvalue weighted by molar-refractivity contribution is 0.174. The highest BCUT2D eigenvalue weighted by molar-refractivity contribution is 4.84. The normalized spacial score (nSPS) is 22.4. The first-order valence-corrected chi connectivity index (χ1v) is 5.45. The summed E-state index contributed by atoms with van der Waals surface area (Å²) in [5.41, 5.74) is 0. The van der Waals surface area contributed by atoms with Crippen LogP contribution in [-0.2, 0) is 0 Å². The van der Waals surface area contributed by atoms with Crippen molar-refractivity contribution in [3.05, 3.63) is 18.5 Å². The van der Waals surface area contributed by atoms with E-state index in [0.29, 0.717) is 6.04 Å². The molecule has 0 spiro atoms. The Bertz CT molecular complexity index is 260. The molecule has 1 aromatic rings. The lowest BCUT2D eigenvalue weighted by atomic mass is 9.91. The van der Waals surface area contributed by atoms with Gasteiger partial charge in [-0.05, 0) is 51.9 Å². The lowest BCUT2D eigenvalue weighted by Crippen LogP contribution is -2.33. The zero-order valence-electron chi connectivity index (χ0n) is 9.06. The van der Waals surface area contributed by atoms with Gasteiger partial charge in [-0.1, -0.05) is 0 Å². The van der Waals surface area contributed by atoms with Crippen LogP contribution in [0.2, 0.25) is 0 Å². The maximum atomic E-state index is 4.31. The third-order valence-electron chi connectivity index (χ3n) is 3.39. The average Bonchev–Trinajstić information content (AvgIpc) is 2.71. The quantitative estimate of drug-likeness (QED) is 0.714. The van der Waals surface area contributed by atoms with Gasteiger partial charge in [0.05, 0.1) is 6.04 Å². The Morgan fingerprint density at radius 3 is 2.64 bits per heavy atom. The standard InChI is InChI=1S/C11H19N3/c1-10(14-7-3-6-12-14)11-4-8-13(2)9-5-11/h3,6-7,10-11H,4-5,8-9H2,1-2H3. The minimum atomic E-state index is 0.554. The van der Waals surface area contributed by atoms with E-state index in [-0.39, 0.29) is 0 Å². The predicted molar refractivity (Wildman–Crippen MR) is 57.2 cm³/mol. The van der Waals surface area contributed by atoms with E-state index in [0.717, 1.165) is 5.92 Å². The summed E-state index contributed by atoms with van der Waals surface area (Å²) >= 11 is 0. The van der Waals surface area contributed by atoms with Crippen molar-refractivity contribution in [2.24, 2.45) is 5.92 Å². The molecule has 0 N–H and O–H groups in total. The molecule has 0 aromatic carbocycles. The Morgan fingerprint density at radius 1 is 1.36 bits per heavy atom. The zero-order valence-corrected chi connectivity index (χ0v) is 9.06. The van der Waals surface area contributed by atoms with Crippen LogP contribution >= 0.6 is 0 Å². The topological polar surface area (TPSA) is 21.1 Å². The molecule has 1 fully saturated rings. The van der Waals surface area contributed by atoms with Gasteiger partial charge in [0.15, 0.2) is 0 Å². The van der Waals surface area contributed by atoms with E-state index < -0.39 is 0 Å². The van der Waals surface area contributed by atoms with Crippen LogP contribution in [0.1, 0.15) is 25.8 Å². The van der Waals surface area contributed by atoms with Crippen LogP contribution in [0.25, 0.3) is 0 Å². The second-order valence-corrected chi connectivity index (χ2v) is 4.37. The molecule has 0 aliphatic carbocycles. The van der Waals surface area contributed by atoms with Crippen LogP contribution in [0.5, 0.6) is 0 Å². The number of hydrogen-bond donors (Lipinski definition) is 0. The minimum absolute atomic E-state index is 0.554. The summed E-state index contributed by atoms with van der Waals surface area (Å²) in [6.45, 7) is 4.75. The van der Waals surface area contributed by atoms with Gasteiger partial charge in [-0.3, -0.25) is 4.68 Å². The lowest BCUT2D eigenvalue weighted by Gasteiger charge is -2.32. The van der Waals surface area contributed by atoms with E-state index in [1.165, 1.54) is 25.9 Å². The molecular formula is C11H19N3. The van der Waals surface area contributed by atoms with Gasteiger partial charge in [0.25, 0.3) is 0 Å². The van der Waals surface area contributed by atoms with E-state index in [2.05, 4.69) is 34.8 Å². The number of likely N-dealkylation sites (tertiary alicyclic amines) is 1. The van der Waals surface area contributed by atoms with Gasteiger partial charge >= 0.3 is 0 Å². The maximum Gasteiger partial charge on any atom is 0.0520 e. The Hall–Kier alpha value is -0.830. The summed E-state index contributed by atoms with van der Waals surface area (Å²) in [7, 11) is 2.20. The van der Waals surface area contributed by atoms with Gasteiger partial charge in [-0.2, -0.15) is 5.10 Å². The fraction of sp³-hybridized carbons (Fsp3) is 0.727. The molecule has 2 rings (SSSR count). The Kier molecular flexibility index (Phi) is 2.87. The molecule has 3 nitrogen and oxygen atoms in total. The Balaban J connectivity index is 1.95. The van der Waals surface area contributed by atoms with Gasteiger partial charge in [-0.15, -0.1) is 0 Å². The molecule has 1 aliphatic rings. The molecule has 1 aliphatic heterocycles. The van der Waals surface area contributed by atoms with Gasteiger partial charge in [0.1, 0.15) is 0 Å². The second kappa shape index (κ2) is 4.13. The molecule has 3 heteroatoms. The van der Waals surface area contributed by atoms with Gasteiger partial charge in [-0.25, -0.2) is 0 Å². The summed E-state index contributed by atoms with van der Waals surface area (Å²) in [6, 6.07) is 2.56. The summed E-state index contributed by atoms with van der Waals surface area (Å²) in [5.74, 6) is 0.797. The first-order valence-electron chi connectivity index (χ1n) is 5.45. The second-order valence-electron chi connectivity index (χ2n) is 4.37.